The lowest BCUT2D eigenvalue weighted by Gasteiger charge is -2.00. The van der Waals surface area contributed by atoms with Gasteiger partial charge in [0.1, 0.15) is 0 Å². The van der Waals surface area contributed by atoms with Crippen LogP contribution >= 0.6 is 11.6 Å². The molecular weight excluding hydrogens is 204 g/mol. The van der Waals surface area contributed by atoms with E-state index in [1.54, 1.807) is 4.68 Å². The Labute approximate surface area is 87.5 Å². The van der Waals surface area contributed by atoms with Crippen molar-refractivity contribution in [2.45, 2.75) is 26.2 Å². The Balaban J connectivity index is 2.62. The molecule has 1 N–H and O–H groups in total. The minimum Gasteiger partial charge on any atom is -0.481 e. The Morgan fingerprint density at radius 3 is 2.71 bits per heavy atom. The first kappa shape index (κ1) is 11.0. The lowest BCUT2D eigenvalue weighted by Crippen LogP contribution is -2.01. The number of hydrogen-bond acceptors (Lipinski definition) is 2. The molecule has 5 heteroatoms. The number of carbonyl (C=O) groups is 1. The second-order valence-electron chi connectivity index (χ2n) is 3.22. The standard InChI is InChI=1S/C9H13ClN2O2/c1-6-9(10)7(12(2)11-6)4-3-5-8(13)14/h3-5H2,1-2H3,(H,13,14). The second kappa shape index (κ2) is 4.46. The summed E-state index contributed by atoms with van der Waals surface area (Å²) < 4.78 is 1.71. The van der Waals surface area contributed by atoms with Gasteiger partial charge < -0.3 is 5.11 Å². The van der Waals surface area contributed by atoms with Crippen molar-refractivity contribution < 1.29 is 9.90 Å². The van der Waals surface area contributed by atoms with Crippen LogP contribution in [0.2, 0.25) is 5.02 Å². The van der Waals surface area contributed by atoms with Crippen molar-refractivity contribution in [2.24, 2.45) is 7.05 Å². The molecule has 0 saturated heterocycles. The number of carboxylic acid groups (broad SMARTS) is 1. The van der Waals surface area contributed by atoms with Gasteiger partial charge in [0.15, 0.2) is 0 Å². The predicted octanol–water partition coefficient (Wildman–Crippen LogP) is 1.79. The van der Waals surface area contributed by atoms with Crippen molar-refractivity contribution in [3.05, 3.63) is 16.4 Å². The molecular formula is C9H13ClN2O2. The van der Waals surface area contributed by atoms with E-state index in [0.29, 0.717) is 17.9 Å². The van der Waals surface area contributed by atoms with Crippen LogP contribution in [-0.2, 0) is 18.3 Å². The highest BCUT2D eigenvalue weighted by molar-refractivity contribution is 6.31. The number of nitrogens with zero attached hydrogens (tertiary/aromatic N) is 2. The molecule has 0 amide bonds. The fourth-order valence-electron chi connectivity index (χ4n) is 1.36. The summed E-state index contributed by atoms with van der Waals surface area (Å²) in [6.45, 7) is 1.84. The number of aryl methyl sites for hydroxylation is 2. The molecule has 78 valence electrons. The summed E-state index contributed by atoms with van der Waals surface area (Å²) in [5.74, 6) is -0.778. The van der Waals surface area contributed by atoms with E-state index in [-0.39, 0.29) is 6.42 Å². The molecule has 14 heavy (non-hydrogen) atoms. The maximum absolute atomic E-state index is 10.3. The van der Waals surface area contributed by atoms with Gasteiger partial charge in [0.2, 0.25) is 0 Å². The lowest BCUT2D eigenvalue weighted by molar-refractivity contribution is -0.137. The number of carboxylic acids is 1. The van der Waals surface area contributed by atoms with Gasteiger partial charge in [-0.25, -0.2) is 0 Å². The molecule has 0 spiro atoms. The van der Waals surface area contributed by atoms with Gasteiger partial charge in [-0.3, -0.25) is 9.48 Å². The van der Waals surface area contributed by atoms with Gasteiger partial charge >= 0.3 is 5.97 Å². The van der Waals surface area contributed by atoms with Crippen LogP contribution in [-0.4, -0.2) is 20.9 Å². The van der Waals surface area contributed by atoms with Crippen LogP contribution in [0.3, 0.4) is 0 Å². The van der Waals surface area contributed by atoms with Crippen LogP contribution in [0.1, 0.15) is 24.2 Å². The van der Waals surface area contributed by atoms with Crippen molar-refractivity contribution in [3.63, 3.8) is 0 Å². The average molecular weight is 217 g/mol. The van der Waals surface area contributed by atoms with Crippen molar-refractivity contribution in [1.29, 1.82) is 0 Å². The van der Waals surface area contributed by atoms with Crippen LogP contribution < -0.4 is 0 Å². The van der Waals surface area contributed by atoms with E-state index in [9.17, 15) is 4.79 Å². The molecule has 0 aliphatic heterocycles. The molecule has 0 bridgehead atoms. The van der Waals surface area contributed by atoms with Crippen LogP contribution in [0.4, 0.5) is 0 Å². The Kier molecular flexibility index (Phi) is 3.52. The van der Waals surface area contributed by atoms with Crippen molar-refractivity contribution in [2.75, 3.05) is 0 Å². The van der Waals surface area contributed by atoms with Gasteiger partial charge in [-0.05, 0) is 19.8 Å². The summed E-state index contributed by atoms with van der Waals surface area (Å²) in [6, 6.07) is 0. The average Bonchev–Trinajstić information content (AvgIpc) is 2.31. The Bertz CT molecular complexity index is 347. The largest absolute Gasteiger partial charge is 0.481 e. The van der Waals surface area contributed by atoms with Gasteiger partial charge in [-0.2, -0.15) is 5.10 Å². The molecule has 0 saturated carbocycles. The van der Waals surface area contributed by atoms with Crippen LogP contribution in [0.5, 0.6) is 0 Å². The van der Waals surface area contributed by atoms with E-state index in [1.807, 2.05) is 14.0 Å². The van der Waals surface area contributed by atoms with Crippen LogP contribution in [0, 0.1) is 6.92 Å². The molecule has 0 atom stereocenters. The Morgan fingerprint density at radius 1 is 1.64 bits per heavy atom. The third-order valence-corrected chi connectivity index (χ3v) is 2.56. The summed E-state index contributed by atoms with van der Waals surface area (Å²) in [6.07, 6.45) is 1.41. The first-order valence-electron chi connectivity index (χ1n) is 4.42. The molecule has 0 aliphatic rings. The van der Waals surface area contributed by atoms with E-state index < -0.39 is 5.97 Å². The molecule has 0 aliphatic carbocycles. The van der Waals surface area contributed by atoms with Gasteiger partial charge in [0, 0.05) is 13.5 Å². The second-order valence-corrected chi connectivity index (χ2v) is 3.59. The summed E-state index contributed by atoms with van der Waals surface area (Å²) >= 11 is 6.00. The summed E-state index contributed by atoms with van der Waals surface area (Å²) in [7, 11) is 1.81. The van der Waals surface area contributed by atoms with E-state index in [1.165, 1.54) is 0 Å². The van der Waals surface area contributed by atoms with Gasteiger partial charge in [-0.15, -0.1) is 0 Å². The molecule has 1 heterocycles. The first-order valence-corrected chi connectivity index (χ1v) is 4.80. The highest BCUT2D eigenvalue weighted by Crippen LogP contribution is 2.20. The number of aromatic nitrogens is 2. The third-order valence-electron chi connectivity index (χ3n) is 2.07. The molecule has 0 aromatic carbocycles. The maximum Gasteiger partial charge on any atom is 0.303 e. The van der Waals surface area contributed by atoms with E-state index in [0.717, 1.165) is 11.4 Å². The number of rotatable bonds is 4. The van der Waals surface area contributed by atoms with E-state index in [2.05, 4.69) is 5.10 Å². The molecule has 4 nitrogen and oxygen atoms in total. The number of hydrogen-bond donors (Lipinski definition) is 1. The molecule has 1 rings (SSSR count). The van der Waals surface area contributed by atoms with E-state index in [4.69, 9.17) is 16.7 Å². The zero-order chi connectivity index (χ0) is 10.7. The molecule has 0 radical (unpaired) electrons. The van der Waals surface area contributed by atoms with Gasteiger partial charge in [0.05, 0.1) is 16.4 Å². The topological polar surface area (TPSA) is 55.1 Å². The zero-order valence-electron chi connectivity index (χ0n) is 8.25. The van der Waals surface area contributed by atoms with Crippen LogP contribution in [0.15, 0.2) is 0 Å². The third kappa shape index (κ3) is 2.48. The minimum absolute atomic E-state index is 0.167. The summed E-state index contributed by atoms with van der Waals surface area (Å²) in [5, 5.41) is 13.3. The van der Waals surface area contributed by atoms with Crippen molar-refractivity contribution >= 4 is 17.6 Å². The highest BCUT2D eigenvalue weighted by atomic mass is 35.5. The fourth-order valence-corrected chi connectivity index (χ4v) is 1.61. The fraction of sp³-hybridized carbons (Fsp3) is 0.556. The smallest absolute Gasteiger partial charge is 0.303 e. The zero-order valence-corrected chi connectivity index (χ0v) is 9.01. The Morgan fingerprint density at radius 2 is 2.29 bits per heavy atom. The Hall–Kier alpha value is -1.03. The molecule has 1 aromatic heterocycles. The summed E-state index contributed by atoms with van der Waals surface area (Å²) in [4.78, 5) is 10.3. The predicted molar refractivity (Wildman–Crippen MR) is 53.5 cm³/mol. The van der Waals surface area contributed by atoms with Crippen molar-refractivity contribution in [1.82, 2.24) is 9.78 Å². The van der Waals surface area contributed by atoms with Crippen LogP contribution in [0.25, 0.3) is 0 Å². The normalized spacial score (nSPS) is 10.5. The number of halogens is 1. The molecule has 0 unspecified atom stereocenters. The first-order chi connectivity index (χ1) is 6.52. The lowest BCUT2D eigenvalue weighted by atomic mass is 10.2. The van der Waals surface area contributed by atoms with E-state index >= 15 is 0 Å². The SMILES string of the molecule is Cc1nn(C)c(CCCC(=O)O)c1Cl. The molecule has 0 fully saturated rings. The van der Waals surface area contributed by atoms with Gasteiger partial charge in [0.25, 0.3) is 0 Å². The summed E-state index contributed by atoms with van der Waals surface area (Å²) in [5.41, 5.74) is 1.70. The minimum atomic E-state index is -0.778. The quantitative estimate of drug-likeness (QED) is 0.835. The number of aliphatic carboxylic acids is 1. The highest BCUT2D eigenvalue weighted by Gasteiger charge is 2.10. The monoisotopic (exact) mass is 216 g/mol. The van der Waals surface area contributed by atoms with Crippen molar-refractivity contribution in [3.8, 4) is 0 Å². The molecule has 1 aromatic rings. The maximum atomic E-state index is 10.3. The van der Waals surface area contributed by atoms with Gasteiger partial charge in [-0.1, -0.05) is 11.6 Å².